The van der Waals surface area contributed by atoms with Gasteiger partial charge in [-0.15, -0.1) is 0 Å². The summed E-state index contributed by atoms with van der Waals surface area (Å²) in [5.74, 6) is 0. The molecule has 0 fully saturated rings. The zero-order valence-electron chi connectivity index (χ0n) is 4.58. The Morgan fingerprint density at radius 1 is 0.889 bits per heavy atom. The molecular formula is C6H7F2I. The highest BCUT2D eigenvalue weighted by atomic mass is 127. The molecule has 1 aromatic carbocycles. The van der Waals surface area contributed by atoms with Crippen molar-refractivity contribution in [2.45, 2.75) is 0 Å². The Morgan fingerprint density at radius 2 is 1.33 bits per heavy atom. The van der Waals surface area contributed by atoms with Crippen LogP contribution in [0.15, 0.2) is 30.3 Å². The Bertz CT molecular complexity index is 141. The van der Waals surface area contributed by atoms with Crippen molar-refractivity contribution in [2.75, 3.05) is 0 Å². The van der Waals surface area contributed by atoms with Crippen molar-refractivity contribution in [2.24, 2.45) is 0 Å². The minimum absolute atomic E-state index is 0. The van der Waals surface area contributed by atoms with Gasteiger partial charge in [-0.25, -0.2) is 0 Å². The standard InChI is InChI=1S/C6H5I.2FH/c7-6-4-2-1-3-5-6;;/h1-5H;2*1H. The molecule has 0 spiro atoms. The largest absolute Gasteiger partial charge is 0.269 e. The molecule has 0 saturated carbocycles. The Kier molecular flexibility index (Phi) is 7.65. The van der Waals surface area contributed by atoms with E-state index < -0.39 is 0 Å². The Hall–Kier alpha value is -0.190. The lowest BCUT2D eigenvalue weighted by Gasteiger charge is -1.80. The second kappa shape index (κ2) is 5.94. The van der Waals surface area contributed by atoms with Gasteiger partial charge in [-0.1, -0.05) is 18.2 Å². The number of rotatable bonds is 0. The summed E-state index contributed by atoms with van der Waals surface area (Å²) in [6.45, 7) is 0. The van der Waals surface area contributed by atoms with E-state index in [-0.39, 0.29) is 9.41 Å². The average Bonchev–Trinajstić information content (AvgIpc) is 1.69. The van der Waals surface area contributed by atoms with Crippen LogP contribution >= 0.6 is 22.6 Å². The van der Waals surface area contributed by atoms with Gasteiger partial charge in [0, 0.05) is 3.57 Å². The first kappa shape index (κ1) is 11.6. The molecule has 0 radical (unpaired) electrons. The smallest absolute Gasteiger partial charge is 0.0130 e. The molecule has 0 heterocycles. The summed E-state index contributed by atoms with van der Waals surface area (Å²) in [5, 5.41) is 0. The normalized spacial score (nSPS) is 6.78. The zero-order valence-corrected chi connectivity index (χ0v) is 6.74. The third kappa shape index (κ3) is 4.32. The molecule has 1 aromatic rings. The van der Waals surface area contributed by atoms with Gasteiger partial charge in [-0.2, -0.15) is 0 Å². The zero-order chi connectivity index (χ0) is 5.11. The van der Waals surface area contributed by atoms with Crippen molar-refractivity contribution in [3.63, 3.8) is 0 Å². The molecule has 0 amide bonds. The van der Waals surface area contributed by atoms with E-state index in [1.165, 1.54) is 3.57 Å². The van der Waals surface area contributed by atoms with Crippen LogP contribution in [-0.2, 0) is 0 Å². The molecule has 0 unspecified atom stereocenters. The van der Waals surface area contributed by atoms with Gasteiger partial charge in [0.05, 0.1) is 0 Å². The van der Waals surface area contributed by atoms with Crippen LogP contribution in [0.2, 0.25) is 0 Å². The predicted octanol–water partition coefficient (Wildman–Crippen LogP) is 2.60. The van der Waals surface area contributed by atoms with Gasteiger partial charge < -0.3 is 0 Å². The SMILES string of the molecule is F.F.Ic1ccccc1. The molecule has 9 heavy (non-hydrogen) atoms. The molecule has 0 aromatic heterocycles. The highest BCUT2D eigenvalue weighted by Crippen LogP contribution is 1.99. The van der Waals surface area contributed by atoms with Crippen molar-refractivity contribution in [1.29, 1.82) is 0 Å². The van der Waals surface area contributed by atoms with E-state index in [0.717, 1.165) is 0 Å². The van der Waals surface area contributed by atoms with Gasteiger partial charge in [-0.05, 0) is 34.7 Å². The number of benzene rings is 1. The van der Waals surface area contributed by atoms with Crippen molar-refractivity contribution in [1.82, 2.24) is 0 Å². The predicted molar refractivity (Wildman–Crippen MR) is 44.2 cm³/mol. The highest BCUT2D eigenvalue weighted by Gasteiger charge is 1.74. The topological polar surface area (TPSA) is 0 Å². The van der Waals surface area contributed by atoms with E-state index in [4.69, 9.17) is 0 Å². The van der Waals surface area contributed by atoms with Crippen LogP contribution in [0, 0.1) is 3.57 Å². The van der Waals surface area contributed by atoms with E-state index in [9.17, 15) is 0 Å². The van der Waals surface area contributed by atoms with E-state index in [1.54, 1.807) is 0 Å². The molecule has 0 aliphatic heterocycles. The van der Waals surface area contributed by atoms with Crippen molar-refractivity contribution >= 4 is 22.6 Å². The third-order valence-corrected chi connectivity index (χ3v) is 1.45. The van der Waals surface area contributed by atoms with Gasteiger partial charge in [0.1, 0.15) is 0 Å². The summed E-state index contributed by atoms with van der Waals surface area (Å²) in [4.78, 5) is 0. The summed E-state index contributed by atoms with van der Waals surface area (Å²) in [5.41, 5.74) is 0. The van der Waals surface area contributed by atoms with E-state index in [0.29, 0.717) is 0 Å². The van der Waals surface area contributed by atoms with Crippen LogP contribution in [0.1, 0.15) is 0 Å². The Morgan fingerprint density at radius 3 is 1.56 bits per heavy atom. The van der Waals surface area contributed by atoms with Crippen molar-refractivity contribution in [3.8, 4) is 0 Å². The Balaban J connectivity index is 0. The number of halogens is 3. The van der Waals surface area contributed by atoms with Crippen LogP contribution < -0.4 is 0 Å². The minimum Gasteiger partial charge on any atom is -0.269 e. The van der Waals surface area contributed by atoms with Crippen molar-refractivity contribution < 1.29 is 9.41 Å². The first-order valence-corrected chi connectivity index (χ1v) is 3.18. The molecule has 52 valence electrons. The third-order valence-electron chi connectivity index (χ3n) is 0.733. The summed E-state index contributed by atoms with van der Waals surface area (Å²) in [7, 11) is 0. The summed E-state index contributed by atoms with van der Waals surface area (Å²) in [6.07, 6.45) is 0. The molecule has 0 nitrogen and oxygen atoms in total. The molecule has 0 atom stereocenters. The second-order valence-corrected chi connectivity index (χ2v) is 2.54. The van der Waals surface area contributed by atoms with E-state index in [1.807, 2.05) is 18.2 Å². The maximum Gasteiger partial charge on any atom is 0.0130 e. The maximum absolute atomic E-state index is 2.28. The first-order valence-electron chi connectivity index (χ1n) is 2.10. The molecule has 0 bridgehead atoms. The fraction of sp³-hybridized carbons (Fsp3) is 0. The molecule has 0 saturated heterocycles. The highest BCUT2D eigenvalue weighted by molar-refractivity contribution is 14.1. The fourth-order valence-electron chi connectivity index (χ4n) is 0.415. The molecule has 1 rings (SSSR count). The van der Waals surface area contributed by atoms with Crippen LogP contribution in [0.5, 0.6) is 0 Å². The first-order chi connectivity index (χ1) is 3.39. The Labute approximate surface area is 66.2 Å². The second-order valence-electron chi connectivity index (χ2n) is 1.30. The lowest BCUT2D eigenvalue weighted by Crippen LogP contribution is -1.61. The fourth-order valence-corrected chi connectivity index (χ4v) is 0.830. The van der Waals surface area contributed by atoms with Crippen LogP contribution in [0.4, 0.5) is 9.41 Å². The van der Waals surface area contributed by atoms with Gasteiger partial charge in [0.15, 0.2) is 0 Å². The summed E-state index contributed by atoms with van der Waals surface area (Å²) >= 11 is 2.28. The number of hydrogen-bond donors (Lipinski definition) is 0. The lowest BCUT2D eigenvalue weighted by atomic mass is 10.4. The van der Waals surface area contributed by atoms with Gasteiger partial charge in [0.25, 0.3) is 0 Å². The lowest BCUT2D eigenvalue weighted by molar-refractivity contribution is 1.11. The molecule has 3 heteroatoms. The van der Waals surface area contributed by atoms with Gasteiger partial charge in [-0.3, -0.25) is 9.41 Å². The van der Waals surface area contributed by atoms with E-state index >= 15 is 0 Å². The molecule has 0 aliphatic rings. The molecular weight excluding hydrogens is 237 g/mol. The van der Waals surface area contributed by atoms with Crippen LogP contribution in [-0.4, -0.2) is 0 Å². The average molecular weight is 244 g/mol. The van der Waals surface area contributed by atoms with E-state index in [2.05, 4.69) is 34.7 Å². The van der Waals surface area contributed by atoms with Gasteiger partial charge >= 0.3 is 0 Å². The van der Waals surface area contributed by atoms with Crippen LogP contribution in [0.25, 0.3) is 0 Å². The monoisotopic (exact) mass is 244 g/mol. The molecule has 0 N–H and O–H groups in total. The quantitative estimate of drug-likeness (QED) is 0.615. The minimum atomic E-state index is 0. The number of hydrogen-bond acceptors (Lipinski definition) is 0. The molecule has 0 aliphatic carbocycles. The maximum atomic E-state index is 2.28. The summed E-state index contributed by atoms with van der Waals surface area (Å²) in [6, 6.07) is 10.2. The van der Waals surface area contributed by atoms with Crippen molar-refractivity contribution in [3.05, 3.63) is 33.9 Å². The summed E-state index contributed by atoms with van der Waals surface area (Å²) < 4.78 is 1.29. The van der Waals surface area contributed by atoms with Gasteiger partial charge in [0.2, 0.25) is 0 Å². The van der Waals surface area contributed by atoms with Crippen LogP contribution in [0.3, 0.4) is 0 Å².